The van der Waals surface area contributed by atoms with Crippen molar-refractivity contribution in [2.75, 3.05) is 19.8 Å². The Morgan fingerprint density at radius 2 is 2.12 bits per heavy atom. The molecule has 0 aromatic heterocycles. The number of hydrogen-bond acceptors (Lipinski definition) is 3. The van der Waals surface area contributed by atoms with Gasteiger partial charge in [0, 0.05) is 12.2 Å². The zero-order valence-electron chi connectivity index (χ0n) is 9.24. The van der Waals surface area contributed by atoms with Gasteiger partial charge in [0.15, 0.2) is 0 Å². The van der Waals surface area contributed by atoms with Gasteiger partial charge >= 0.3 is 0 Å². The molecule has 1 rings (SSSR count). The summed E-state index contributed by atoms with van der Waals surface area (Å²) < 4.78 is 11.6. The summed E-state index contributed by atoms with van der Waals surface area (Å²) in [6.07, 6.45) is 1.82. The Labute approximate surface area is 104 Å². The van der Waals surface area contributed by atoms with Gasteiger partial charge < -0.3 is 9.47 Å². The summed E-state index contributed by atoms with van der Waals surface area (Å²) in [5, 5.41) is 0. The van der Waals surface area contributed by atoms with Crippen LogP contribution in [-0.2, 0) is 4.74 Å². The van der Waals surface area contributed by atoms with Crippen LogP contribution < -0.4 is 4.74 Å². The first-order valence-corrected chi connectivity index (χ1v) is 6.02. The first kappa shape index (κ1) is 13.2. The molecule has 0 aliphatic rings. The molecule has 0 saturated heterocycles. The molecule has 0 aliphatic carbocycles. The molecule has 0 N–H and O–H groups in total. The number of carbonyl (C=O) groups is 1. The highest BCUT2D eigenvalue weighted by atomic mass is 79.9. The highest BCUT2D eigenvalue weighted by Gasteiger charge is 2.01. The van der Waals surface area contributed by atoms with Crippen LogP contribution in [0.4, 0.5) is 0 Å². The molecule has 0 radical (unpaired) electrons. The van der Waals surface area contributed by atoms with Gasteiger partial charge in [-0.2, -0.15) is 0 Å². The normalized spacial score (nSPS) is 10.1. The van der Waals surface area contributed by atoms with Crippen LogP contribution >= 0.6 is 15.9 Å². The van der Waals surface area contributed by atoms with E-state index < -0.39 is 0 Å². The number of carbonyl (C=O) groups excluding carboxylic acids is 1. The smallest absolute Gasteiger partial charge is 0.150 e. The van der Waals surface area contributed by atoms with Gasteiger partial charge in [0.25, 0.3) is 0 Å². The highest BCUT2D eigenvalue weighted by Crippen LogP contribution is 2.25. The summed E-state index contributed by atoms with van der Waals surface area (Å²) >= 11 is 3.35. The zero-order valence-corrected chi connectivity index (χ0v) is 10.8. The minimum Gasteiger partial charge on any atom is -0.490 e. The van der Waals surface area contributed by atoms with Crippen molar-refractivity contribution in [1.82, 2.24) is 0 Å². The van der Waals surface area contributed by atoms with Crippen molar-refractivity contribution in [3.63, 3.8) is 0 Å². The lowest BCUT2D eigenvalue weighted by Crippen LogP contribution is -2.07. The van der Waals surface area contributed by atoms with Gasteiger partial charge in [0.2, 0.25) is 0 Å². The van der Waals surface area contributed by atoms with Gasteiger partial charge in [-0.3, -0.25) is 4.79 Å². The lowest BCUT2D eigenvalue weighted by Gasteiger charge is -2.08. The number of benzene rings is 1. The van der Waals surface area contributed by atoms with Crippen molar-refractivity contribution in [1.29, 1.82) is 0 Å². The Morgan fingerprint density at radius 1 is 1.31 bits per heavy atom. The molecule has 0 heterocycles. The molecule has 0 unspecified atom stereocenters. The first-order valence-electron chi connectivity index (χ1n) is 5.23. The molecular formula is C12H15BrO3. The van der Waals surface area contributed by atoms with Crippen LogP contribution in [0.2, 0.25) is 0 Å². The SMILES string of the molecule is CCCOCCOc1ccc(C=O)cc1Br. The number of rotatable bonds is 7. The third-order valence-electron chi connectivity index (χ3n) is 1.93. The zero-order chi connectivity index (χ0) is 11.8. The minimum absolute atomic E-state index is 0.513. The van der Waals surface area contributed by atoms with E-state index in [1.54, 1.807) is 18.2 Å². The maximum atomic E-state index is 10.5. The van der Waals surface area contributed by atoms with Gasteiger partial charge in [-0.25, -0.2) is 0 Å². The topological polar surface area (TPSA) is 35.5 Å². The van der Waals surface area contributed by atoms with E-state index in [0.29, 0.717) is 18.8 Å². The van der Waals surface area contributed by atoms with E-state index in [9.17, 15) is 4.79 Å². The second kappa shape index (κ2) is 7.41. The average Bonchev–Trinajstić information content (AvgIpc) is 2.30. The van der Waals surface area contributed by atoms with Crippen molar-refractivity contribution < 1.29 is 14.3 Å². The summed E-state index contributed by atoms with van der Waals surface area (Å²) in [6, 6.07) is 5.23. The molecule has 1 aromatic rings. The molecule has 0 saturated carbocycles. The summed E-state index contributed by atoms with van der Waals surface area (Å²) in [7, 11) is 0. The third kappa shape index (κ3) is 4.33. The summed E-state index contributed by atoms with van der Waals surface area (Å²) in [4.78, 5) is 10.5. The molecule has 3 nitrogen and oxygen atoms in total. The standard InChI is InChI=1S/C12H15BrO3/c1-2-5-15-6-7-16-12-4-3-10(9-14)8-11(12)13/h3-4,8-9H,2,5-7H2,1H3. The highest BCUT2D eigenvalue weighted by molar-refractivity contribution is 9.10. The van der Waals surface area contributed by atoms with Gasteiger partial charge in [0.1, 0.15) is 18.6 Å². The van der Waals surface area contributed by atoms with Gasteiger partial charge in [0.05, 0.1) is 11.1 Å². The van der Waals surface area contributed by atoms with Crippen molar-refractivity contribution >= 4 is 22.2 Å². The van der Waals surface area contributed by atoms with E-state index in [-0.39, 0.29) is 0 Å². The largest absolute Gasteiger partial charge is 0.490 e. The Bertz CT molecular complexity index is 339. The maximum absolute atomic E-state index is 10.5. The van der Waals surface area contributed by atoms with Crippen molar-refractivity contribution in [3.8, 4) is 5.75 Å². The Morgan fingerprint density at radius 3 is 2.75 bits per heavy atom. The van der Waals surface area contributed by atoms with Crippen LogP contribution in [0.3, 0.4) is 0 Å². The maximum Gasteiger partial charge on any atom is 0.150 e. The van der Waals surface area contributed by atoms with E-state index in [0.717, 1.165) is 29.5 Å². The molecule has 0 atom stereocenters. The molecule has 0 spiro atoms. The van der Waals surface area contributed by atoms with Crippen molar-refractivity contribution in [2.24, 2.45) is 0 Å². The van der Waals surface area contributed by atoms with E-state index >= 15 is 0 Å². The molecule has 16 heavy (non-hydrogen) atoms. The molecule has 4 heteroatoms. The molecule has 88 valence electrons. The Balaban J connectivity index is 2.39. The van der Waals surface area contributed by atoms with Crippen LogP contribution in [0.1, 0.15) is 23.7 Å². The van der Waals surface area contributed by atoms with Crippen molar-refractivity contribution in [2.45, 2.75) is 13.3 Å². The summed E-state index contributed by atoms with van der Waals surface area (Å²) in [6.45, 7) is 3.92. The Hall–Kier alpha value is -0.870. The van der Waals surface area contributed by atoms with Crippen LogP contribution in [-0.4, -0.2) is 26.1 Å². The fraction of sp³-hybridized carbons (Fsp3) is 0.417. The average molecular weight is 287 g/mol. The monoisotopic (exact) mass is 286 g/mol. The fourth-order valence-corrected chi connectivity index (χ4v) is 1.68. The predicted molar refractivity (Wildman–Crippen MR) is 66.1 cm³/mol. The molecule has 0 aliphatic heterocycles. The van der Waals surface area contributed by atoms with Gasteiger partial charge in [-0.15, -0.1) is 0 Å². The summed E-state index contributed by atoms with van der Waals surface area (Å²) in [5.74, 6) is 0.727. The molecular weight excluding hydrogens is 272 g/mol. The molecule has 0 bridgehead atoms. The number of aldehydes is 1. The van der Waals surface area contributed by atoms with Crippen LogP contribution in [0.25, 0.3) is 0 Å². The molecule has 0 fully saturated rings. The van der Waals surface area contributed by atoms with Gasteiger partial charge in [-0.1, -0.05) is 6.92 Å². The second-order valence-corrected chi connectivity index (χ2v) is 4.12. The lowest BCUT2D eigenvalue weighted by atomic mass is 10.2. The van der Waals surface area contributed by atoms with E-state index in [1.807, 2.05) is 0 Å². The minimum atomic E-state index is 0.513. The molecule has 0 amide bonds. The molecule has 1 aromatic carbocycles. The number of ether oxygens (including phenoxy) is 2. The number of halogens is 1. The van der Waals surface area contributed by atoms with Crippen molar-refractivity contribution in [3.05, 3.63) is 28.2 Å². The van der Waals surface area contributed by atoms with E-state index in [1.165, 1.54) is 0 Å². The van der Waals surface area contributed by atoms with Crippen LogP contribution in [0, 0.1) is 0 Å². The second-order valence-electron chi connectivity index (χ2n) is 3.27. The van der Waals surface area contributed by atoms with E-state index in [2.05, 4.69) is 22.9 Å². The fourth-order valence-electron chi connectivity index (χ4n) is 1.16. The van der Waals surface area contributed by atoms with Crippen LogP contribution in [0.5, 0.6) is 5.75 Å². The third-order valence-corrected chi connectivity index (χ3v) is 2.55. The lowest BCUT2D eigenvalue weighted by molar-refractivity contribution is 0.100. The quantitative estimate of drug-likeness (QED) is 0.571. The summed E-state index contributed by atoms with van der Waals surface area (Å²) in [5.41, 5.74) is 0.626. The first-order chi connectivity index (χ1) is 7.77. The van der Waals surface area contributed by atoms with Gasteiger partial charge in [-0.05, 0) is 40.5 Å². The van der Waals surface area contributed by atoms with E-state index in [4.69, 9.17) is 9.47 Å². The predicted octanol–water partition coefficient (Wildman–Crippen LogP) is 3.07. The Kier molecular flexibility index (Phi) is 6.11. The van der Waals surface area contributed by atoms with Crippen LogP contribution in [0.15, 0.2) is 22.7 Å². The number of hydrogen-bond donors (Lipinski definition) is 0.